The van der Waals surface area contributed by atoms with E-state index in [1.807, 2.05) is 61.5 Å². The molecular formula is C24H30IN7O. The summed E-state index contributed by atoms with van der Waals surface area (Å²) in [7, 11) is 1.74. The number of guanidine groups is 1. The van der Waals surface area contributed by atoms with Crippen molar-refractivity contribution in [3.05, 3.63) is 71.4 Å². The fourth-order valence-corrected chi connectivity index (χ4v) is 3.35. The number of aromatic nitrogens is 2. The van der Waals surface area contributed by atoms with Crippen molar-refractivity contribution in [2.75, 3.05) is 25.9 Å². The second-order valence-corrected chi connectivity index (χ2v) is 7.06. The normalized spacial score (nSPS) is 10.8. The zero-order valence-corrected chi connectivity index (χ0v) is 21.2. The molecule has 3 aromatic rings. The lowest BCUT2D eigenvalue weighted by Crippen LogP contribution is -2.37. The Labute approximate surface area is 211 Å². The first-order valence-corrected chi connectivity index (χ1v) is 10.7. The van der Waals surface area contributed by atoms with E-state index in [2.05, 4.69) is 26.8 Å². The molecule has 0 aliphatic carbocycles. The van der Waals surface area contributed by atoms with Crippen molar-refractivity contribution in [2.24, 2.45) is 4.99 Å². The van der Waals surface area contributed by atoms with Gasteiger partial charge in [-0.05, 0) is 38.0 Å². The topological polar surface area (TPSA) is 113 Å². The molecular weight excluding hydrogens is 529 g/mol. The van der Waals surface area contributed by atoms with Crippen LogP contribution in [0.15, 0.2) is 59.6 Å². The van der Waals surface area contributed by atoms with Gasteiger partial charge in [-0.1, -0.05) is 36.4 Å². The number of benzene rings is 2. The molecule has 0 radical (unpaired) electrons. The number of nitrogen functional groups attached to an aromatic ring is 1. The summed E-state index contributed by atoms with van der Waals surface area (Å²) in [4.78, 5) is 4.28. The van der Waals surface area contributed by atoms with Crippen LogP contribution in [0.25, 0.3) is 5.69 Å². The zero-order valence-electron chi connectivity index (χ0n) is 18.9. The molecule has 2 aromatic carbocycles. The van der Waals surface area contributed by atoms with Crippen molar-refractivity contribution in [1.82, 2.24) is 20.4 Å². The maximum atomic E-state index is 9.54. The van der Waals surface area contributed by atoms with E-state index in [9.17, 15) is 5.26 Å². The lowest BCUT2D eigenvalue weighted by atomic mass is 10.1. The smallest absolute Gasteiger partial charge is 0.191 e. The number of hydrogen-bond acceptors (Lipinski definition) is 5. The van der Waals surface area contributed by atoms with Gasteiger partial charge in [-0.2, -0.15) is 10.4 Å². The summed E-state index contributed by atoms with van der Waals surface area (Å²) >= 11 is 0. The van der Waals surface area contributed by atoms with Gasteiger partial charge in [-0.15, -0.1) is 24.0 Å². The third-order valence-corrected chi connectivity index (χ3v) is 4.93. The average Bonchev–Trinajstić information content (AvgIpc) is 3.15. The molecule has 1 heterocycles. The summed E-state index contributed by atoms with van der Waals surface area (Å²) in [5.74, 6) is 1.94. The van der Waals surface area contributed by atoms with Crippen LogP contribution in [-0.2, 0) is 13.0 Å². The number of nitrogens with zero attached hydrogens (tertiary/aromatic N) is 4. The number of nitriles is 1. The second kappa shape index (κ2) is 13.3. The van der Waals surface area contributed by atoms with E-state index in [4.69, 9.17) is 10.5 Å². The van der Waals surface area contributed by atoms with Gasteiger partial charge in [0.1, 0.15) is 23.2 Å². The van der Waals surface area contributed by atoms with E-state index in [1.165, 1.54) is 0 Å². The number of halogens is 1. The number of nitrogens with one attached hydrogen (secondary N) is 2. The van der Waals surface area contributed by atoms with Crippen LogP contribution >= 0.6 is 24.0 Å². The van der Waals surface area contributed by atoms with Crippen LogP contribution in [-0.4, -0.2) is 35.9 Å². The fourth-order valence-electron chi connectivity index (χ4n) is 3.35. The maximum absolute atomic E-state index is 9.54. The Hall–Kier alpha value is -3.26. The highest BCUT2D eigenvalue weighted by atomic mass is 127. The number of anilines is 1. The van der Waals surface area contributed by atoms with Crippen molar-refractivity contribution < 1.29 is 4.74 Å². The van der Waals surface area contributed by atoms with E-state index in [0.29, 0.717) is 49.2 Å². The second-order valence-electron chi connectivity index (χ2n) is 7.06. The summed E-state index contributed by atoms with van der Waals surface area (Å²) < 4.78 is 7.29. The SMILES string of the molecule is CCOc1ccccc1CNC(=NC)NCCCc1nn(-c2ccccc2)c(N)c1C#N.I. The Bertz CT molecular complexity index is 1090. The lowest BCUT2D eigenvalue weighted by molar-refractivity contribution is 0.336. The van der Waals surface area contributed by atoms with Gasteiger partial charge in [0.15, 0.2) is 5.96 Å². The highest BCUT2D eigenvalue weighted by Crippen LogP contribution is 2.21. The number of aryl methyl sites for hydroxylation is 1. The minimum absolute atomic E-state index is 0. The summed E-state index contributed by atoms with van der Waals surface area (Å²) in [5.41, 5.74) is 9.21. The van der Waals surface area contributed by atoms with Crippen LogP contribution in [0.3, 0.4) is 0 Å². The molecule has 3 rings (SSSR count). The number of aliphatic imine (C=N–C) groups is 1. The fraction of sp³-hybridized carbons (Fsp3) is 0.292. The van der Waals surface area contributed by atoms with Crippen molar-refractivity contribution in [1.29, 1.82) is 5.26 Å². The largest absolute Gasteiger partial charge is 0.494 e. The Balaban J connectivity index is 0.00000385. The van der Waals surface area contributed by atoms with E-state index in [0.717, 1.165) is 23.4 Å². The van der Waals surface area contributed by atoms with Crippen molar-refractivity contribution >= 4 is 35.8 Å². The van der Waals surface area contributed by atoms with E-state index in [-0.39, 0.29) is 24.0 Å². The number of para-hydroxylation sites is 2. The molecule has 0 aliphatic rings. The third kappa shape index (κ3) is 6.86. The monoisotopic (exact) mass is 559 g/mol. The number of ether oxygens (including phenoxy) is 1. The van der Waals surface area contributed by atoms with Crippen molar-refractivity contribution in [3.8, 4) is 17.5 Å². The summed E-state index contributed by atoms with van der Waals surface area (Å²) in [6, 6.07) is 19.7. The van der Waals surface area contributed by atoms with Crippen LogP contribution in [0, 0.1) is 11.3 Å². The van der Waals surface area contributed by atoms with Gasteiger partial charge in [0.25, 0.3) is 0 Å². The highest BCUT2D eigenvalue weighted by molar-refractivity contribution is 14.0. The first-order chi connectivity index (χ1) is 15.7. The standard InChI is InChI=1S/C24H29N7O.HI/c1-3-32-22-14-8-7-10-18(22)17-29-24(27-2)28-15-9-13-21-20(16-25)23(26)31(30-21)19-11-5-4-6-12-19;/h4-8,10-12,14H,3,9,13,15,17,26H2,1-2H3,(H2,27,28,29);1H. The first-order valence-electron chi connectivity index (χ1n) is 10.7. The van der Waals surface area contributed by atoms with Gasteiger partial charge >= 0.3 is 0 Å². The molecule has 0 spiro atoms. The predicted octanol–water partition coefficient (Wildman–Crippen LogP) is 3.64. The minimum atomic E-state index is 0. The Morgan fingerprint density at radius 3 is 2.58 bits per heavy atom. The van der Waals surface area contributed by atoms with Crippen molar-refractivity contribution in [2.45, 2.75) is 26.3 Å². The van der Waals surface area contributed by atoms with E-state index >= 15 is 0 Å². The molecule has 174 valence electrons. The van der Waals surface area contributed by atoms with Crippen molar-refractivity contribution in [3.63, 3.8) is 0 Å². The average molecular weight is 559 g/mol. The Morgan fingerprint density at radius 1 is 1.15 bits per heavy atom. The molecule has 0 amide bonds. The van der Waals surface area contributed by atoms with Gasteiger partial charge in [0.05, 0.1) is 18.0 Å². The molecule has 0 fully saturated rings. The van der Waals surface area contributed by atoms with Gasteiger partial charge in [-0.3, -0.25) is 4.99 Å². The quantitative estimate of drug-likeness (QED) is 0.160. The molecule has 4 N–H and O–H groups in total. The van der Waals surface area contributed by atoms with Crippen LogP contribution in [0.1, 0.15) is 30.2 Å². The first kappa shape index (κ1) is 26.0. The molecule has 9 heteroatoms. The Kier molecular flexibility index (Phi) is 10.5. The molecule has 0 aliphatic heterocycles. The number of nitrogens with two attached hydrogens (primary N) is 1. The minimum Gasteiger partial charge on any atom is -0.494 e. The van der Waals surface area contributed by atoms with E-state index < -0.39 is 0 Å². The predicted molar refractivity (Wildman–Crippen MR) is 142 cm³/mol. The van der Waals surface area contributed by atoms with Gasteiger partial charge < -0.3 is 21.1 Å². The zero-order chi connectivity index (χ0) is 22.8. The summed E-state index contributed by atoms with van der Waals surface area (Å²) in [5, 5.41) is 20.7. The van der Waals surface area contributed by atoms with E-state index in [1.54, 1.807) is 11.7 Å². The van der Waals surface area contributed by atoms with Crippen LogP contribution in [0.2, 0.25) is 0 Å². The Morgan fingerprint density at radius 2 is 1.88 bits per heavy atom. The highest BCUT2D eigenvalue weighted by Gasteiger charge is 2.16. The molecule has 33 heavy (non-hydrogen) atoms. The summed E-state index contributed by atoms with van der Waals surface area (Å²) in [6.07, 6.45) is 1.40. The summed E-state index contributed by atoms with van der Waals surface area (Å²) in [6.45, 7) is 3.88. The molecule has 8 nitrogen and oxygen atoms in total. The lowest BCUT2D eigenvalue weighted by Gasteiger charge is -2.14. The molecule has 0 saturated heterocycles. The van der Waals surface area contributed by atoms with Crippen LogP contribution in [0.5, 0.6) is 5.75 Å². The van der Waals surface area contributed by atoms with Crippen LogP contribution in [0.4, 0.5) is 5.82 Å². The molecule has 0 unspecified atom stereocenters. The van der Waals surface area contributed by atoms with Gasteiger partial charge in [0, 0.05) is 25.7 Å². The number of rotatable bonds is 9. The molecule has 0 saturated carbocycles. The number of hydrogen-bond donors (Lipinski definition) is 3. The molecule has 1 aromatic heterocycles. The molecule has 0 bridgehead atoms. The van der Waals surface area contributed by atoms with Crippen LogP contribution < -0.4 is 21.1 Å². The van der Waals surface area contributed by atoms with Gasteiger partial charge in [0.2, 0.25) is 0 Å². The maximum Gasteiger partial charge on any atom is 0.191 e. The van der Waals surface area contributed by atoms with Gasteiger partial charge in [-0.25, -0.2) is 4.68 Å². The molecule has 0 atom stereocenters. The third-order valence-electron chi connectivity index (χ3n) is 4.93.